The molecule has 3 aromatic carbocycles. The Kier molecular flexibility index (Phi) is 6.88. The Morgan fingerprint density at radius 2 is 1.84 bits per heavy atom. The lowest BCUT2D eigenvalue weighted by atomic mass is 10.1. The fraction of sp³-hybridized carbons (Fsp3) is 0.160. The maximum atomic E-state index is 13.1. The quantitative estimate of drug-likeness (QED) is 0.315. The number of ether oxygens (including phenoxy) is 1. The van der Waals surface area contributed by atoms with Gasteiger partial charge in [-0.2, -0.15) is 0 Å². The molecule has 2 N–H and O–H groups in total. The van der Waals surface area contributed by atoms with Gasteiger partial charge in [-0.25, -0.2) is 4.79 Å². The van der Waals surface area contributed by atoms with Gasteiger partial charge in [0.05, 0.1) is 7.11 Å². The normalized spacial score (nSPS) is 10.8. The van der Waals surface area contributed by atoms with Crippen molar-refractivity contribution >= 4 is 45.8 Å². The number of halogens is 2. The first-order valence-corrected chi connectivity index (χ1v) is 11.0. The third-order valence-corrected chi connectivity index (χ3v) is 5.76. The van der Waals surface area contributed by atoms with Gasteiger partial charge in [0.2, 0.25) is 0 Å². The molecule has 5 nitrogen and oxygen atoms in total. The van der Waals surface area contributed by atoms with Crippen molar-refractivity contribution in [2.24, 2.45) is 0 Å². The molecule has 0 saturated carbocycles. The average Bonchev–Trinajstić information content (AvgIpc) is 3.20. The van der Waals surface area contributed by atoms with Gasteiger partial charge < -0.3 is 19.9 Å². The topological polar surface area (TPSA) is 57.4 Å². The van der Waals surface area contributed by atoms with Gasteiger partial charge in [-0.15, -0.1) is 0 Å². The van der Waals surface area contributed by atoms with Crippen LogP contribution >= 0.6 is 23.2 Å². The van der Waals surface area contributed by atoms with Crippen molar-refractivity contribution in [3.63, 3.8) is 0 Å². The number of carbonyl (C=O) groups is 1. The van der Waals surface area contributed by atoms with Gasteiger partial charge in [-0.3, -0.25) is 0 Å². The lowest BCUT2D eigenvalue weighted by Crippen LogP contribution is -2.36. The second-order valence-electron chi connectivity index (χ2n) is 7.46. The molecule has 0 aliphatic carbocycles. The molecule has 4 aromatic rings. The van der Waals surface area contributed by atoms with Crippen molar-refractivity contribution in [3.05, 3.63) is 94.1 Å². The van der Waals surface area contributed by atoms with E-state index in [1.54, 1.807) is 30.2 Å². The lowest BCUT2D eigenvalue weighted by Gasteiger charge is -2.23. The molecule has 0 saturated heterocycles. The van der Waals surface area contributed by atoms with Crippen molar-refractivity contribution in [3.8, 4) is 5.75 Å². The molecule has 1 aromatic heterocycles. The summed E-state index contributed by atoms with van der Waals surface area (Å²) in [6, 6.07) is 20.4. The second kappa shape index (κ2) is 9.98. The molecule has 0 aliphatic rings. The fourth-order valence-corrected chi connectivity index (χ4v) is 3.89. The Labute approximate surface area is 196 Å². The summed E-state index contributed by atoms with van der Waals surface area (Å²) in [5, 5.41) is 5.27. The van der Waals surface area contributed by atoms with Gasteiger partial charge in [-0.05, 0) is 66.1 Å². The number of hydrogen-bond acceptors (Lipinski definition) is 2. The molecule has 0 spiro atoms. The number of methoxy groups -OCH3 is 1. The molecular formula is C25H23Cl2N3O2. The Balaban J connectivity index is 1.54. The summed E-state index contributed by atoms with van der Waals surface area (Å²) in [5.41, 5.74) is 3.81. The highest BCUT2D eigenvalue weighted by Gasteiger charge is 2.16. The number of H-pyrrole nitrogens is 1. The first-order valence-electron chi connectivity index (χ1n) is 10.2. The van der Waals surface area contributed by atoms with Crippen LogP contribution in [0.2, 0.25) is 10.0 Å². The van der Waals surface area contributed by atoms with Crippen LogP contribution in [0.3, 0.4) is 0 Å². The highest BCUT2D eigenvalue weighted by Crippen LogP contribution is 2.24. The zero-order chi connectivity index (χ0) is 22.5. The maximum absolute atomic E-state index is 13.1. The minimum atomic E-state index is -0.195. The van der Waals surface area contributed by atoms with Crippen LogP contribution < -0.4 is 10.1 Å². The molecule has 0 fully saturated rings. The van der Waals surface area contributed by atoms with Crippen molar-refractivity contribution in [1.82, 2.24) is 9.88 Å². The number of amides is 2. The molecule has 32 heavy (non-hydrogen) atoms. The molecule has 0 atom stereocenters. The standard InChI is InChI=1S/C25H23Cl2N3O2/c1-32-22-9-10-24-23(14-22)18(15-28-24)11-12-30(16-17-5-7-19(26)8-6-17)25(31)29-21-4-2-3-20(27)13-21/h2-10,13-15,28H,11-12,16H2,1H3,(H,29,31). The Bertz CT molecular complexity index is 1220. The average molecular weight is 468 g/mol. The Morgan fingerprint density at radius 1 is 1.03 bits per heavy atom. The van der Waals surface area contributed by atoms with Gasteiger partial charge in [0.15, 0.2) is 0 Å². The van der Waals surface area contributed by atoms with Crippen LogP contribution in [0, 0.1) is 0 Å². The summed E-state index contributed by atoms with van der Waals surface area (Å²) in [7, 11) is 1.65. The van der Waals surface area contributed by atoms with E-state index in [4.69, 9.17) is 27.9 Å². The van der Waals surface area contributed by atoms with Crippen molar-refractivity contribution in [1.29, 1.82) is 0 Å². The molecule has 4 rings (SSSR count). The first-order chi connectivity index (χ1) is 15.5. The largest absolute Gasteiger partial charge is 0.497 e. The lowest BCUT2D eigenvalue weighted by molar-refractivity contribution is 0.210. The monoisotopic (exact) mass is 467 g/mol. The van der Waals surface area contributed by atoms with Crippen LogP contribution in [-0.4, -0.2) is 29.6 Å². The summed E-state index contributed by atoms with van der Waals surface area (Å²) in [6.07, 6.45) is 2.67. The van der Waals surface area contributed by atoms with E-state index in [2.05, 4.69) is 10.3 Å². The van der Waals surface area contributed by atoms with Crippen LogP contribution in [0.25, 0.3) is 10.9 Å². The third-order valence-electron chi connectivity index (χ3n) is 5.28. The van der Waals surface area contributed by atoms with Crippen LogP contribution in [0.5, 0.6) is 5.75 Å². The second-order valence-corrected chi connectivity index (χ2v) is 8.34. The summed E-state index contributed by atoms with van der Waals surface area (Å²) >= 11 is 12.1. The number of anilines is 1. The molecule has 1 heterocycles. The zero-order valence-electron chi connectivity index (χ0n) is 17.6. The van der Waals surface area contributed by atoms with E-state index >= 15 is 0 Å². The summed E-state index contributed by atoms with van der Waals surface area (Å²) in [4.78, 5) is 18.2. The van der Waals surface area contributed by atoms with Gasteiger partial charge in [0, 0.05) is 45.9 Å². The smallest absolute Gasteiger partial charge is 0.322 e. The van der Waals surface area contributed by atoms with E-state index in [9.17, 15) is 4.79 Å². The number of urea groups is 1. The van der Waals surface area contributed by atoms with E-state index in [0.717, 1.165) is 27.8 Å². The van der Waals surface area contributed by atoms with Crippen LogP contribution in [-0.2, 0) is 13.0 Å². The van der Waals surface area contributed by atoms with Crippen molar-refractivity contribution in [2.75, 3.05) is 19.0 Å². The van der Waals surface area contributed by atoms with Crippen molar-refractivity contribution < 1.29 is 9.53 Å². The highest BCUT2D eigenvalue weighted by molar-refractivity contribution is 6.31. The summed E-state index contributed by atoms with van der Waals surface area (Å²) in [6.45, 7) is 0.981. The van der Waals surface area contributed by atoms with Crippen molar-refractivity contribution in [2.45, 2.75) is 13.0 Å². The maximum Gasteiger partial charge on any atom is 0.322 e. The molecular weight excluding hydrogens is 445 g/mol. The Morgan fingerprint density at radius 3 is 2.59 bits per heavy atom. The van der Waals surface area contributed by atoms with Gasteiger partial charge in [0.25, 0.3) is 0 Å². The number of aromatic nitrogens is 1. The predicted molar refractivity (Wildman–Crippen MR) is 131 cm³/mol. The number of benzene rings is 3. The molecule has 0 unspecified atom stereocenters. The summed E-state index contributed by atoms with van der Waals surface area (Å²) in [5.74, 6) is 0.801. The minimum Gasteiger partial charge on any atom is -0.497 e. The highest BCUT2D eigenvalue weighted by atomic mass is 35.5. The number of nitrogens with one attached hydrogen (secondary N) is 2. The molecule has 2 amide bonds. The Hall–Kier alpha value is -3.15. The SMILES string of the molecule is COc1ccc2[nH]cc(CCN(Cc3ccc(Cl)cc3)C(=O)Nc3cccc(Cl)c3)c2c1. The third kappa shape index (κ3) is 5.36. The number of hydrogen-bond donors (Lipinski definition) is 2. The number of carbonyl (C=O) groups excluding carboxylic acids is 1. The van der Waals surface area contributed by atoms with E-state index in [1.807, 2.05) is 54.7 Å². The molecule has 7 heteroatoms. The zero-order valence-corrected chi connectivity index (χ0v) is 19.1. The molecule has 0 radical (unpaired) electrons. The number of nitrogens with zero attached hydrogens (tertiary/aromatic N) is 1. The number of fused-ring (bicyclic) bond motifs is 1. The van der Waals surface area contributed by atoms with E-state index in [0.29, 0.717) is 35.2 Å². The van der Waals surface area contributed by atoms with E-state index < -0.39 is 0 Å². The number of aromatic amines is 1. The molecule has 0 bridgehead atoms. The van der Waals surface area contributed by atoms with Crippen LogP contribution in [0.1, 0.15) is 11.1 Å². The van der Waals surface area contributed by atoms with Gasteiger partial charge in [-0.1, -0.05) is 41.4 Å². The minimum absolute atomic E-state index is 0.195. The van der Waals surface area contributed by atoms with Crippen LogP contribution in [0.15, 0.2) is 72.9 Å². The predicted octanol–water partition coefficient (Wildman–Crippen LogP) is 6.76. The first kappa shape index (κ1) is 22.1. The summed E-state index contributed by atoms with van der Waals surface area (Å²) < 4.78 is 5.37. The molecule has 164 valence electrons. The van der Waals surface area contributed by atoms with E-state index in [1.165, 1.54) is 0 Å². The van der Waals surface area contributed by atoms with Gasteiger partial charge in [0.1, 0.15) is 5.75 Å². The van der Waals surface area contributed by atoms with E-state index in [-0.39, 0.29) is 6.03 Å². The van der Waals surface area contributed by atoms with Crippen LogP contribution in [0.4, 0.5) is 10.5 Å². The molecule has 0 aliphatic heterocycles. The number of rotatable bonds is 7. The van der Waals surface area contributed by atoms with Gasteiger partial charge >= 0.3 is 6.03 Å². The fourth-order valence-electron chi connectivity index (χ4n) is 3.58.